The predicted octanol–water partition coefficient (Wildman–Crippen LogP) is 1.57. The lowest BCUT2D eigenvalue weighted by Gasteiger charge is -2.09. The molecule has 23 heavy (non-hydrogen) atoms. The minimum Gasteiger partial charge on any atom is -0.350 e. The first-order valence-corrected chi connectivity index (χ1v) is 7.85. The van der Waals surface area contributed by atoms with Crippen molar-refractivity contribution in [1.29, 1.82) is 0 Å². The standard InChI is InChI=1S/C16H17N5O2/c22-15(14-12-4-1-2-5-13(12)20-23-14)17-8-6-11-10-21-9-3-7-18-16(21)19-11/h3,7,9-10H,1-2,4-6,8H2,(H,17,22). The number of aromatic nitrogens is 4. The van der Waals surface area contributed by atoms with Gasteiger partial charge >= 0.3 is 0 Å². The molecule has 7 nitrogen and oxygen atoms in total. The Hall–Kier alpha value is -2.70. The molecule has 0 unspecified atom stereocenters. The van der Waals surface area contributed by atoms with Gasteiger partial charge in [0.15, 0.2) is 0 Å². The van der Waals surface area contributed by atoms with Crippen LogP contribution in [0, 0.1) is 0 Å². The second-order valence-corrected chi connectivity index (χ2v) is 5.71. The highest BCUT2D eigenvalue weighted by atomic mass is 16.5. The van der Waals surface area contributed by atoms with E-state index in [1.54, 1.807) is 6.20 Å². The third-order valence-electron chi connectivity index (χ3n) is 4.12. The zero-order valence-corrected chi connectivity index (χ0v) is 12.7. The lowest BCUT2D eigenvalue weighted by molar-refractivity contribution is 0.0916. The third kappa shape index (κ3) is 2.69. The number of carbonyl (C=O) groups is 1. The molecule has 1 aliphatic rings. The van der Waals surface area contributed by atoms with E-state index in [4.69, 9.17) is 4.52 Å². The molecule has 118 valence electrons. The van der Waals surface area contributed by atoms with Crippen LogP contribution in [0.15, 0.2) is 29.2 Å². The topological polar surface area (TPSA) is 85.3 Å². The van der Waals surface area contributed by atoms with Crippen LogP contribution in [-0.2, 0) is 19.3 Å². The minimum absolute atomic E-state index is 0.192. The summed E-state index contributed by atoms with van der Waals surface area (Å²) in [5, 5.41) is 6.90. The number of nitrogens with zero attached hydrogens (tertiary/aromatic N) is 4. The van der Waals surface area contributed by atoms with Crippen LogP contribution >= 0.6 is 0 Å². The Bertz CT molecular complexity index is 818. The van der Waals surface area contributed by atoms with Crippen LogP contribution in [0.2, 0.25) is 0 Å². The molecule has 0 bridgehead atoms. The van der Waals surface area contributed by atoms with Crippen molar-refractivity contribution in [3.05, 3.63) is 47.4 Å². The molecule has 7 heteroatoms. The Morgan fingerprint density at radius 2 is 2.26 bits per heavy atom. The molecule has 1 N–H and O–H groups in total. The Morgan fingerprint density at radius 1 is 1.35 bits per heavy atom. The number of rotatable bonds is 4. The molecule has 0 radical (unpaired) electrons. The second-order valence-electron chi connectivity index (χ2n) is 5.71. The van der Waals surface area contributed by atoms with Gasteiger partial charge in [-0.3, -0.25) is 9.20 Å². The summed E-state index contributed by atoms with van der Waals surface area (Å²) in [6.45, 7) is 0.498. The summed E-state index contributed by atoms with van der Waals surface area (Å²) in [5.74, 6) is 0.844. The van der Waals surface area contributed by atoms with Crippen LogP contribution in [0.25, 0.3) is 5.78 Å². The molecule has 4 rings (SSSR count). The first-order chi connectivity index (χ1) is 11.3. The molecule has 0 aliphatic heterocycles. The van der Waals surface area contributed by atoms with Gasteiger partial charge < -0.3 is 9.84 Å². The predicted molar refractivity (Wildman–Crippen MR) is 82.2 cm³/mol. The Kier molecular flexibility index (Phi) is 3.53. The fraction of sp³-hybridized carbons (Fsp3) is 0.375. The quantitative estimate of drug-likeness (QED) is 0.790. The summed E-state index contributed by atoms with van der Waals surface area (Å²) in [4.78, 5) is 20.8. The maximum Gasteiger partial charge on any atom is 0.290 e. The molecule has 0 saturated heterocycles. The van der Waals surface area contributed by atoms with Gasteiger partial charge in [0.1, 0.15) is 0 Å². The van der Waals surface area contributed by atoms with Crippen molar-refractivity contribution < 1.29 is 9.32 Å². The summed E-state index contributed by atoms with van der Waals surface area (Å²) in [6.07, 6.45) is 10.2. The van der Waals surface area contributed by atoms with Crippen LogP contribution in [-0.4, -0.2) is 32.0 Å². The summed E-state index contributed by atoms with van der Waals surface area (Å²) in [5.41, 5.74) is 2.81. The van der Waals surface area contributed by atoms with Crippen LogP contribution in [0.3, 0.4) is 0 Å². The van der Waals surface area contributed by atoms with Crippen molar-refractivity contribution in [1.82, 2.24) is 24.8 Å². The van der Waals surface area contributed by atoms with Crippen molar-refractivity contribution in [3.63, 3.8) is 0 Å². The van der Waals surface area contributed by atoms with E-state index in [0.29, 0.717) is 24.5 Å². The minimum atomic E-state index is -0.192. The molecule has 3 heterocycles. The molecule has 0 fully saturated rings. The molecular formula is C16H17N5O2. The molecule has 0 atom stereocenters. The number of carbonyl (C=O) groups excluding carboxylic acids is 1. The van der Waals surface area contributed by atoms with Crippen molar-refractivity contribution >= 4 is 11.7 Å². The number of fused-ring (bicyclic) bond motifs is 2. The summed E-state index contributed by atoms with van der Waals surface area (Å²) >= 11 is 0. The smallest absolute Gasteiger partial charge is 0.290 e. The summed E-state index contributed by atoms with van der Waals surface area (Å²) < 4.78 is 7.10. The average molecular weight is 311 g/mol. The van der Waals surface area contributed by atoms with Crippen LogP contribution in [0.1, 0.15) is 40.3 Å². The van der Waals surface area contributed by atoms with E-state index < -0.39 is 0 Å². The lowest BCUT2D eigenvalue weighted by Crippen LogP contribution is -2.26. The molecule has 1 aliphatic carbocycles. The largest absolute Gasteiger partial charge is 0.350 e. The number of hydrogen-bond donors (Lipinski definition) is 1. The first-order valence-electron chi connectivity index (χ1n) is 7.85. The van der Waals surface area contributed by atoms with Gasteiger partial charge in [-0.25, -0.2) is 9.97 Å². The van der Waals surface area contributed by atoms with Gasteiger partial charge in [0.05, 0.1) is 11.4 Å². The average Bonchev–Trinajstić information content (AvgIpc) is 3.18. The molecule has 0 spiro atoms. The van der Waals surface area contributed by atoms with Crippen LogP contribution < -0.4 is 5.32 Å². The lowest BCUT2D eigenvalue weighted by atomic mass is 9.96. The van der Waals surface area contributed by atoms with Crippen molar-refractivity contribution in [2.75, 3.05) is 6.54 Å². The van der Waals surface area contributed by atoms with Gasteiger partial charge in [0.25, 0.3) is 5.91 Å². The Balaban J connectivity index is 1.39. The SMILES string of the molecule is O=C(NCCc1cn2cccnc2n1)c1onc2c1CCCC2. The monoisotopic (exact) mass is 311 g/mol. The number of hydrogen-bond acceptors (Lipinski definition) is 5. The van der Waals surface area contributed by atoms with E-state index in [9.17, 15) is 4.79 Å². The maximum atomic E-state index is 12.3. The summed E-state index contributed by atoms with van der Waals surface area (Å²) in [7, 11) is 0. The number of aryl methyl sites for hydroxylation is 1. The van der Waals surface area contributed by atoms with E-state index in [1.165, 1.54) is 0 Å². The highest BCUT2D eigenvalue weighted by Gasteiger charge is 2.23. The normalized spacial score (nSPS) is 13.9. The fourth-order valence-corrected chi connectivity index (χ4v) is 2.95. The highest BCUT2D eigenvalue weighted by Crippen LogP contribution is 2.23. The zero-order valence-electron chi connectivity index (χ0n) is 12.7. The van der Waals surface area contributed by atoms with Gasteiger partial charge in [-0.15, -0.1) is 0 Å². The zero-order chi connectivity index (χ0) is 15.6. The Morgan fingerprint density at radius 3 is 3.17 bits per heavy atom. The molecule has 0 aromatic carbocycles. The molecular weight excluding hydrogens is 294 g/mol. The number of nitrogens with one attached hydrogen (secondary N) is 1. The number of amides is 1. The van der Waals surface area contributed by atoms with Gasteiger partial charge in [-0.2, -0.15) is 0 Å². The van der Waals surface area contributed by atoms with Crippen molar-refractivity contribution in [3.8, 4) is 0 Å². The summed E-state index contributed by atoms with van der Waals surface area (Å²) in [6, 6.07) is 1.85. The molecule has 3 aromatic rings. The van der Waals surface area contributed by atoms with Crippen LogP contribution in [0.5, 0.6) is 0 Å². The van der Waals surface area contributed by atoms with Crippen LogP contribution in [0.4, 0.5) is 0 Å². The fourth-order valence-electron chi connectivity index (χ4n) is 2.95. The molecule has 0 saturated carbocycles. The van der Waals surface area contributed by atoms with Gasteiger partial charge in [0.2, 0.25) is 11.5 Å². The van der Waals surface area contributed by atoms with E-state index in [-0.39, 0.29) is 5.91 Å². The molecule has 1 amide bonds. The van der Waals surface area contributed by atoms with Crippen molar-refractivity contribution in [2.24, 2.45) is 0 Å². The van der Waals surface area contributed by atoms with E-state index in [0.717, 1.165) is 42.6 Å². The van der Waals surface area contributed by atoms with E-state index in [1.807, 2.05) is 22.9 Å². The number of imidazole rings is 1. The van der Waals surface area contributed by atoms with E-state index in [2.05, 4.69) is 20.4 Å². The maximum absolute atomic E-state index is 12.3. The Labute approximate surface area is 132 Å². The highest BCUT2D eigenvalue weighted by molar-refractivity contribution is 5.93. The third-order valence-corrected chi connectivity index (χ3v) is 4.12. The van der Waals surface area contributed by atoms with E-state index >= 15 is 0 Å². The second kappa shape index (κ2) is 5.83. The first kappa shape index (κ1) is 13.9. The molecule has 3 aromatic heterocycles. The van der Waals surface area contributed by atoms with Gasteiger partial charge in [-0.05, 0) is 31.7 Å². The van der Waals surface area contributed by atoms with Crippen molar-refractivity contribution in [2.45, 2.75) is 32.1 Å². The van der Waals surface area contributed by atoms with Gasteiger partial charge in [-0.1, -0.05) is 5.16 Å². The van der Waals surface area contributed by atoms with Gasteiger partial charge in [0, 0.05) is 37.1 Å².